The van der Waals surface area contributed by atoms with Crippen LogP contribution in [0.1, 0.15) is 15.9 Å². The number of nitrogens with one attached hydrogen (secondary N) is 2. The first-order valence-corrected chi connectivity index (χ1v) is 8.02. The first kappa shape index (κ1) is 14.6. The topological polar surface area (TPSA) is 93.2 Å². The molecule has 120 valence electrons. The quantitative estimate of drug-likeness (QED) is 0.760. The van der Waals surface area contributed by atoms with Crippen molar-refractivity contribution in [2.24, 2.45) is 0 Å². The molecule has 0 unspecified atom stereocenters. The van der Waals surface area contributed by atoms with Gasteiger partial charge >= 0.3 is 0 Å². The Morgan fingerprint density at radius 3 is 3.12 bits per heavy atom. The van der Waals surface area contributed by atoms with E-state index in [4.69, 9.17) is 4.74 Å². The number of hydrogen-bond acceptors (Lipinski definition) is 6. The number of nitrogens with zero attached hydrogens (tertiary/aromatic N) is 2. The number of carbonyl (C=O) groups excluding carboxylic acids is 2. The summed E-state index contributed by atoms with van der Waals surface area (Å²) in [5.74, 6) is 0.253. The lowest BCUT2D eigenvalue weighted by atomic mass is 10.1. The number of rotatable bonds is 3. The molecule has 0 aliphatic carbocycles. The molecule has 2 amide bonds. The molecule has 0 fully saturated rings. The van der Waals surface area contributed by atoms with Crippen LogP contribution in [0, 0.1) is 0 Å². The minimum atomic E-state index is -0.192. The van der Waals surface area contributed by atoms with Gasteiger partial charge in [0.15, 0.2) is 6.61 Å². The average Bonchev–Trinajstić information content (AvgIpc) is 3.06. The summed E-state index contributed by atoms with van der Waals surface area (Å²) >= 11 is 1.29. The van der Waals surface area contributed by atoms with Crippen LogP contribution >= 0.6 is 11.5 Å². The van der Waals surface area contributed by atoms with E-state index in [-0.39, 0.29) is 18.4 Å². The highest BCUT2D eigenvalue weighted by atomic mass is 32.1. The van der Waals surface area contributed by atoms with Gasteiger partial charge in [0, 0.05) is 12.1 Å². The third kappa shape index (κ3) is 2.79. The molecule has 2 aromatic carbocycles. The minimum absolute atomic E-state index is 0.0248. The van der Waals surface area contributed by atoms with Gasteiger partial charge in [-0.05, 0) is 47.4 Å². The number of aromatic nitrogens is 2. The fourth-order valence-electron chi connectivity index (χ4n) is 2.45. The molecule has 2 N–H and O–H groups in total. The molecule has 7 nitrogen and oxygen atoms in total. The van der Waals surface area contributed by atoms with E-state index in [1.54, 1.807) is 24.3 Å². The van der Waals surface area contributed by atoms with Crippen molar-refractivity contribution in [3.63, 3.8) is 0 Å². The first-order valence-electron chi connectivity index (χ1n) is 7.25. The van der Waals surface area contributed by atoms with E-state index in [2.05, 4.69) is 20.2 Å². The van der Waals surface area contributed by atoms with Gasteiger partial charge in [0.05, 0.1) is 10.4 Å². The zero-order chi connectivity index (χ0) is 16.5. The van der Waals surface area contributed by atoms with Crippen molar-refractivity contribution < 1.29 is 14.3 Å². The van der Waals surface area contributed by atoms with Gasteiger partial charge in [-0.15, -0.1) is 5.10 Å². The molecular weight excluding hydrogens is 328 g/mol. The standard InChI is InChI=1S/C16H12N4O3S/c21-15-8-23-13-3-1-9(5-11(13)18-15)7-17-16(22)10-2-4-14-12(6-10)19-20-24-14/h1-6H,7-8H2,(H,17,22)(H,18,21). The monoisotopic (exact) mass is 340 g/mol. The summed E-state index contributed by atoms with van der Waals surface area (Å²) in [6, 6.07) is 10.7. The second kappa shape index (κ2) is 5.89. The van der Waals surface area contributed by atoms with Crippen LogP contribution < -0.4 is 15.4 Å². The van der Waals surface area contributed by atoms with E-state index in [0.29, 0.717) is 29.1 Å². The minimum Gasteiger partial charge on any atom is -0.482 e. The van der Waals surface area contributed by atoms with Crippen molar-refractivity contribution in [3.8, 4) is 5.75 Å². The van der Waals surface area contributed by atoms with Gasteiger partial charge in [-0.25, -0.2) is 0 Å². The van der Waals surface area contributed by atoms with Gasteiger partial charge in [-0.1, -0.05) is 10.6 Å². The van der Waals surface area contributed by atoms with E-state index >= 15 is 0 Å². The number of benzene rings is 2. The van der Waals surface area contributed by atoms with E-state index in [9.17, 15) is 9.59 Å². The Hall–Kier alpha value is -3.00. The summed E-state index contributed by atoms with van der Waals surface area (Å²) in [5, 5.41) is 9.57. The Bertz CT molecular complexity index is 953. The number of amides is 2. The third-order valence-corrected chi connectivity index (χ3v) is 4.34. The summed E-state index contributed by atoms with van der Waals surface area (Å²) in [4.78, 5) is 23.6. The van der Waals surface area contributed by atoms with Crippen LogP contribution in [0.2, 0.25) is 0 Å². The van der Waals surface area contributed by atoms with Crippen molar-refractivity contribution in [1.82, 2.24) is 14.9 Å². The molecule has 0 radical (unpaired) electrons. The molecule has 1 aliphatic heterocycles. The van der Waals surface area contributed by atoms with Gasteiger partial charge in [-0.2, -0.15) is 0 Å². The molecule has 4 rings (SSSR count). The molecule has 24 heavy (non-hydrogen) atoms. The molecule has 0 atom stereocenters. The van der Waals surface area contributed by atoms with E-state index in [1.807, 2.05) is 12.1 Å². The maximum atomic E-state index is 12.3. The SMILES string of the molecule is O=C1COc2ccc(CNC(=O)c3ccc4snnc4c3)cc2N1. The van der Waals surface area contributed by atoms with Crippen molar-refractivity contribution in [3.05, 3.63) is 47.5 Å². The van der Waals surface area contributed by atoms with E-state index in [1.165, 1.54) is 11.5 Å². The lowest BCUT2D eigenvalue weighted by molar-refractivity contribution is -0.118. The lowest BCUT2D eigenvalue weighted by Crippen LogP contribution is -2.26. The number of ether oxygens (including phenoxy) is 1. The molecule has 0 saturated carbocycles. The second-order valence-corrected chi connectivity index (χ2v) is 6.09. The Morgan fingerprint density at radius 2 is 2.21 bits per heavy atom. The van der Waals surface area contributed by atoms with Crippen molar-refractivity contribution in [2.45, 2.75) is 6.54 Å². The first-order chi connectivity index (χ1) is 11.7. The van der Waals surface area contributed by atoms with Crippen LogP contribution in [0.3, 0.4) is 0 Å². The maximum absolute atomic E-state index is 12.3. The molecule has 2 heterocycles. The van der Waals surface area contributed by atoms with Gasteiger partial charge in [0.1, 0.15) is 11.3 Å². The summed E-state index contributed by atoms with van der Waals surface area (Å²) < 4.78 is 10.1. The largest absolute Gasteiger partial charge is 0.482 e. The van der Waals surface area contributed by atoms with Crippen molar-refractivity contribution in [1.29, 1.82) is 0 Å². The normalized spacial score (nSPS) is 13.1. The van der Waals surface area contributed by atoms with Crippen LogP contribution in [-0.2, 0) is 11.3 Å². The molecule has 8 heteroatoms. The highest BCUT2D eigenvalue weighted by Gasteiger charge is 2.16. The fourth-order valence-corrected chi connectivity index (χ4v) is 2.99. The smallest absolute Gasteiger partial charge is 0.262 e. The average molecular weight is 340 g/mol. The van der Waals surface area contributed by atoms with Crippen LogP contribution in [-0.4, -0.2) is 28.0 Å². The Morgan fingerprint density at radius 1 is 1.29 bits per heavy atom. The highest BCUT2D eigenvalue weighted by molar-refractivity contribution is 7.12. The van der Waals surface area contributed by atoms with Crippen LogP contribution in [0.25, 0.3) is 10.2 Å². The number of anilines is 1. The molecule has 0 saturated heterocycles. The second-order valence-electron chi connectivity index (χ2n) is 5.31. The summed E-state index contributed by atoms with van der Waals surface area (Å²) in [6.45, 7) is 0.367. The van der Waals surface area contributed by atoms with Crippen LogP contribution in [0.15, 0.2) is 36.4 Å². The molecule has 3 aromatic rings. The summed E-state index contributed by atoms with van der Waals surface area (Å²) in [6.07, 6.45) is 0. The zero-order valence-electron chi connectivity index (χ0n) is 12.4. The van der Waals surface area contributed by atoms with Gasteiger partial charge in [0.2, 0.25) is 0 Å². The number of fused-ring (bicyclic) bond motifs is 2. The fraction of sp³-hybridized carbons (Fsp3) is 0.125. The zero-order valence-corrected chi connectivity index (χ0v) is 13.2. The van der Waals surface area contributed by atoms with Gasteiger partial charge in [-0.3, -0.25) is 9.59 Å². The van der Waals surface area contributed by atoms with Crippen LogP contribution in [0.5, 0.6) is 5.75 Å². The highest BCUT2D eigenvalue weighted by Crippen LogP contribution is 2.28. The van der Waals surface area contributed by atoms with E-state index < -0.39 is 0 Å². The lowest BCUT2D eigenvalue weighted by Gasteiger charge is -2.18. The van der Waals surface area contributed by atoms with Gasteiger partial charge in [0.25, 0.3) is 11.8 Å². The molecule has 1 aliphatic rings. The predicted octanol–water partition coefficient (Wildman–Crippen LogP) is 1.95. The van der Waals surface area contributed by atoms with Crippen molar-refractivity contribution in [2.75, 3.05) is 11.9 Å². The maximum Gasteiger partial charge on any atom is 0.262 e. The third-order valence-electron chi connectivity index (χ3n) is 3.64. The predicted molar refractivity (Wildman–Crippen MR) is 89.2 cm³/mol. The Labute approximate surface area is 140 Å². The van der Waals surface area contributed by atoms with Gasteiger partial charge < -0.3 is 15.4 Å². The van der Waals surface area contributed by atoms with Crippen LogP contribution in [0.4, 0.5) is 5.69 Å². The summed E-state index contributed by atoms with van der Waals surface area (Å²) in [7, 11) is 0. The Kier molecular flexibility index (Phi) is 3.58. The van der Waals surface area contributed by atoms with Crippen molar-refractivity contribution >= 4 is 39.3 Å². The summed E-state index contributed by atoms with van der Waals surface area (Å²) in [5.41, 5.74) is 2.73. The Balaban J connectivity index is 1.47. The number of hydrogen-bond donors (Lipinski definition) is 2. The molecule has 0 spiro atoms. The molecule has 0 bridgehead atoms. The van der Waals surface area contributed by atoms with E-state index in [0.717, 1.165) is 10.3 Å². The molecular formula is C16H12N4O3S. The number of carbonyl (C=O) groups is 2. The molecule has 1 aromatic heterocycles.